The van der Waals surface area contributed by atoms with E-state index in [1.807, 2.05) is 4.72 Å². The van der Waals surface area contributed by atoms with Gasteiger partial charge in [0.15, 0.2) is 0 Å². The van der Waals surface area contributed by atoms with Gasteiger partial charge in [0.2, 0.25) is 10.0 Å². The lowest BCUT2D eigenvalue weighted by Gasteiger charge is -2.18. The van der Waals surface area contributed by atoms with Crippen LogP contribution >= 0.6 is 0 Å². The molecule has 1 N–H and O–H groups in total. The standard InChI is InChI=1S/C16H14F2N2O7S/c1-26-13-6-4-10(20(22)23)8-14(13)28(24,25)19-15(16(21)27-2)11-7-9(17)3-5-12(11)18/h3-8,15,19H,1-2H3/t15-/m1/s1. The number of nitro benzene ring substituents is 1. The van der Waals surface area contributed by atoms with E-state index >= 15 is 0 Å². The Morgan fingerprint density at radius 2 is 1.86 bits per heavy atom. The summed E-state index contributed by atoms with van der Waals surface area (Å²) in [6.07, 6.45) is 0. The van der Waals surface area contributed by atoms with Crippen LogP contribution in [-0.2, 0) is 19.6 Å². The number of ether oxygens (including phenoxy) is 2. The first-order chi connectivity index (χ1) is 13.1. The molecule has 1 atom stereocenters. The fourth-order valence-electron chi connectivity index (χ4n) is 2.30. The molecule has 0 saturated heterocycles. The molecule has 2 aromatic carbocycles. The molecule has 12 heteroatoms. The number of esters is 1. The van der Waals surface area contributed by atoms with Crippen LogP contribution in [0.2, 0.25) is 0 Å². The molecular weight excluding hydrogens is 402 g/mol. The number of hydrogen-bond donors (Lipinski definition) is 1. The number of benzene rings is 2. The van der Waals surface area contributed by atoms with Gasteiger partial charge in [-0.1, -0.05) is 0 Å². The minimum absolute atomic E-state index is 0.263. The number of nitro groups is 1. The van der Waals surface area contributed by atoms with Crippen LogP contribution in [0.1, 0.15) is 11.6 Å². The summed E-state index contributed by atoms with van der Waals surface area (Å²) >= 11 is 0. The third kappa shape index (κ3) is 4.40. The monoisotopic (exact) mass is 416 g/mol. The molecule has 2 aromatic rings. The van der Waals surface area contributed by atoms with Gasteiger partial charge in [0.1, 0.15) is 28.3 Å². The first kappa shape index (κ1) is 21.2. The van der Waals surface area contributed by atoms with E-state index in [2.05, 4.69) is 4.74 Å². The van der Waals surface area contributed by atoms with Crippen molar-refractivity contribution >= 4 is 21.7 Å². The maximum absolute atomic E-state index is 14.1. The van der Waals surface area contributed by atoms with Crippen LogP contribution in [0.4, 0.5) is 14.5 Å². The van der Waals surface area contributed by atoms with Gasteiger partial charge in [-0.3, -0.25) is 10.1 Å². The molecule has 0 aliphatic carbocycles. The number of halogens is 2. The predicted octanol–water partition coefficient (Wildman–Crippen LogP) is 2.07. The zero-order chi connectivity index (χ0) is 21.1. The van der Waals surface area contributed by atoms with E-state index in [0.29, 0.717) is 18.2 Å². The van der Waals surface area contributed by atoms with Crippen molar-refractivity contribution in [3.8, 4) is 5.75 Å². The van der Waals surface area contributed by atoms with Gasteiger partial charge in [0.25, 0.3) is 5.69 Å². The minimum atomic E-state index is -4.66. The van der Waals surface area contributed by atoms with E-state index in [1.165, 1.54) is 0 Å². The van der Waals surface area contributed by atoms with Crippen molar-refractivity contribution in [2.75, 3.05) is 14.2 Å². The Hall–Kier alpha value is -3.12. The normalized spacial score (nSPS) is 12.3. The van der Waals surface area contributed by atoms with Gasteiger partial charge < -0.3 is 9.47 Å². The molecule has 0 heterocycles. The summed E-state index contributed by atoms with van der Waals surface area (Å²) in [5, 5.41) is 10.9. The quantitative estimate of drug-likeness (QED) is 0.416. The SMILES string of the molecule is COC(=O)[C@H](NS(=O)(=O)c1cc([N+](=O)[O-])ccc1OC)c1cc(F)ccc1F. The summed E-state index contributed by atoms with van der Waals surface area (Å²) in [5.41, 5.74) is -1.19. The molecule has 0 unspecified atom stereocenters. The maximum atomic E-state index is 14.1. The first-order valence-electron chi connectivity index (χ1n) is 7.48. The predicted molar refractivity (Wildman–Crippen MR) is 91.1 cm³/mol. The van der Waals surface area contributed by atoms with Crippen LogP contribution in [-0.4, -0.2) is 33.5 Å². The lowest BCUT2D eigenvalue weighted by Crippen LogP contribution is -2.35. The number of hydrogen-bond acceptors (Lipinski definition) is 7. The molecule has 0 fully saturated rings. The molecule has 0 saturated carbocycles. The molecule has 0 aliphatic heterocycles. The average Bonchev–Trinajstić information content (AvgIpc) is 2.66. The first-order valence-corrected chi connectivity index (χ1v) is 8.96. The fourth-order valence-corrected chi connectivity index (χ4v) is 3.65. The van der Waals surface area contributed by atoms with Crippen molar-refractivity contribution in [2.24, 2.45) is 0 Å². The molecule has 2 rings (SSSR count). The molecule has 0 amide bonds. The lowest BCUT2D eigenvalue weighted by molar-refractivity contribution is -0.385. The highest BCUT2D eigenvalue weighted by Crippen LogP contribution is 2.30. The fraction of sp³-hybridized carbons (Fsp3) is 0.188. The Labute approximate surface area is 158 Å². The highest BCUT2D eigenvalue weighted by molar-refractivity contribution is 7.89. The molecular formula is C16H14F2N2O7S. The number of nitrogens with one attached hydrogen (secondary N) is 1. The molecule has 0 aliphatic rings. The molecule has 28 heavy (non-hydrogen) atoms. The Morgan fingerprint density at radius 3 is 2.43 bits per heavy atom. The highest BCUT2D eigenvalue weighted by atomic mass is 32.2. The average molecular weight is 416 g/mol. The molecule has 0 aromatic heterocycles. The Morgan fingerprint density at radius 1 is 1.18 bits per heavy atom. The second-order valence-electron chi connectivity index (χ2n) is 5.34. The zero-order valence-corrected chi connectivity index (χ0v) is 15.3. The smallest absolute Gasteiger partial charge is 0.328 e. The van der Waals surface area contributed by atoms with E-state index in [9.17, 15) is 32.1 Å². The van der Waals surface area contributed by atoms with Gasteiger partial charge in [0.05, 0.1) is 19.1 Å². The molecule has 0 bridgehead atoms. The summed E-state index contributed by atoms with van der Waals surface area (Å²) in [6, 6.07) is 2.94. The van der Waals surface area contributed by atoms with Crippen molar-refractivity contribution in [3.63, 3.8) is 0 Å². The summed E-state index contributed by atoms with van der Waals surface area (Å²) in [4.78, 5) is 21.5. The van der Waals surface area contributed by atoms with Gasteiger partial charge in [-0.25, -0.2) is 22.0 Å². The van der Waals surface area contributed by atoms with Crippen LogP contribution in [0.25, 0.3) is 0 Å². The van der Waals surface area contributed by atoms with Crippen LogP contribution in [0, 0.1) is 21.7 Å². The second-order valence-corrected chi connectivity index (χ2v) is 7.02. The van der Waals surface area contributed by atoms with Crippen molar-refractivity contribution in [2.45, 2.75) is 10.9 Å². The highest BCUT2D eigenvalue weighted by Gasteiger charge is 2.33. The van der Waals surface area contributed by atoms with Crippen molar-refractivity contribution in [3.05, 3.63) is 63.7 Å². The van der Waals surface area contributed by atoms with Crippen LogP contribution in [0.3, 0.4) is 0 Å². The van der Waals surface area contributed by atoms with Gasteiger partial charge in [-0.2, -0.15) is 4.72 Å². The Kier molecular flexibility index (Phi) is 6.26. The third-order valence-corrected chi connectivity index (χ3v) is 5.07. The summed E-state index contributed by atoms with van der Waals surface area (Å²) < 4.78 is 64.3. The Balaban J connectivity index is 2.58. The molecule has 9 nitrogen and oxygen atoms in total. The number of methoxy groups -OCH3 is 2. The van der Waals surface area contributed by atoms with Crippen molar-refractivity contribution in [1.82, 2.24) is 4.72 Å². The van der Waals surface area contributed by atoms with Crippen molar-refractivity contribution in [1.29, 1.82) is 0 Å². The molecule has 0 spiro atoms. The van der Waals surface area contributed by atoms with Gasteiger partial charge >= 0.3 is 5.97 Å². The molecule has 0 radical (unpaired) electrons. The number of rotatable bonds is 7. The Bertz CT molecular complexity index is 1030. The summed E-state index contributed by atoms with van der Waals surface area (Å²) in [7, 11) is -2.61. The van der Waals surface area contributed by atoms with Crippen LogP contribution in [0.5, 0.6) is 5.75 Å². The molecule has 150 valence electrons. The van der Waals surface area contributed by atoms with Gasteiger partial charge in [-0.05, 0) is 24.3 Å². The topological polar surface area (TPSA) is 125 Å². The number of nitrogens with zero attached hydrogens (tertiary/aromatic N) is 1. The maximum Gasteiger partial charge on any atom is 0.328 e. The van der Waals surface area contributed by atoms with Crippen LogP contribution in [0.15, 0.2) is 41.3 Å². The largest absolute Gasteiger partial charge is 0.495 e. The van der Waals surface area contributed by atoms with Crippen molar-refractivity contribution < 1.29 is 36.4 Å². The number of non-ortho nitro benzene ring substituents is 1. The minimum Gasteiger partial charge on any atom is -0.495 e. The number of carbonyl (C=O) groups is 1. The van der Waals surface area contributed by atoms with Gasteiger partial charge in [-0.15, -0.1) is 0 Å². The second kappa shape index (κ2) is 8.27. The number of carbonyl (C=O) groups excluding carboxylic acids is 1. The summed E-state index contributed by atoms with van der Waals surface area (Å²) in [6.45, 7) is 0. The van der Waals surface area contributed by atoms with Crippen LogP contribution < -0.4 is 9.46 Å². The van der Waals surface area contributed by atoms with Gasteiger partial charge in [0, 0.05) is 17.7 Å². The van der Waals surface area contributed by atoms with E-state index in [4.69, 9.17) is 4.74 Å². The van der Waals surface area contributed by atoms with E-state index < -0.39 is 54.7 Å². The van der Waals surface area contributed by atoms with E-state index in [1.54, 1.807) is 0 Å². The van der Waals surface area contributed by atoms with E-state index in [0.717, 1.165) is 32.4 Å². The summed E-state index contributed by atoms with van der Waals surface area (Å²) in [5.74, 6) is -3.47. The lowest BCUT2D eigenvalue weighted by atomic mass is 10.1. The number of sulfonamides is 1. The van der Waals surface area contributed by atoms with E-state index in [-0.39, 0.29) is 5.75 Å². The third-order valence-electron chi connectivity index (χ3n) is 3.63. The zero-order valence-electron chi connectivity index (χ0n) is 14.5.